The lowest BCUT2D eigenvalue weighted by molar-refractivity contribution is -0.135. The van der Waals surface area contributed by atoms with Gasteiger partial charge in [-0.3, -0.25) is 4.79 Å². The highest BCUT2D eigenvalue weighted by Crippen LogP contribution is 2.46. The zero-order chi connectivity index (χ0) is 13.2. The number of nitrogens with two attached hydrogens (primary N) is 1. The van der Waals surface area contributed by atoms with Crippen LogP contribution in [-0.2, 0) is 11.3 Å². The van der Waals surface area contributed by atoms with E-state index in [0.29, 0.717) is 13.1 Å². The van der Waals surface area contributed by atoms with Crippen LogP contribution in [-0.4, -0.2) is 31.5 Å². The van der Waals surface area contributed by atoms with E-state index >= 15 is 0 Å². The zero-order valence-corrected chi connectivity index (χ0v) is 11.0. The molecule has 0 aromatic heterocycles. The van der Waals surface area contributed by atoms with E-state index in [1.165, 1.54) is 0 Å². The maximum Gasteiger partial charge on any atom is 0.230 e. The molecule has 0 radical (unpaired) electrons. The molecule has 0 bridgehead atoms. The van der Waals surface area contributed by atoms with Crippen LogP contribution in [0.5, 0.6) is 5.75 Å². The molecule has 1 saturated carbocycles. The van der Waals surface area contributed by atoms with E-state index in [1.54, 1.807) is 12.0 Å². The van der Waals surface area contributed by atoms with E-state index in [2.05, 4.69) is 0 Å². The monoisotopic (exact) mass is 248 g/mol. The largest absolute Gasteiger partial charge is 0.496 e. The first-order valence-corrected chi connectivity index (χ1v) is 6.20. The number of nitrogens with zero attached hydrogens (tertiary/aromatic N) is 1. The molecule has 1 aliphatic rings. The molecule has 4 nitrogen and oxygen atoms in total. The van der Waals surface area contributed by atoms with Gasteiger partial charge in [-0.15, -0.1) is 0 Å². The molecule has 0 spiro atoms. The van der Waals surface area contributed by atoms with Crippen LogP contribution in [0.25, 0.3) is 0 Å². The van der Waals surface area contributed by atoms with Crippen molar-refractivity contribution in [2.75, 3.05) is 20.7 Å². The number of carbonyl (C=O) groups is 1. The van der Waals surface area contributed by atoms with Crippen molar-refractivity contribution < 1.29 is 9.53 Å². The molecule has 0 aliphatic heterocycles. The molecule has 0 unspecified atom stereocenters. The summed E-state index contributed by atoms with van der Waals surface area (Å²) in [5.41, 5.74) is 6.42. The van der Waals surface area contributed by atoms with Crippen LogP contribution in [0.2, 0.25) is 0 Å². The van der Waals surface area contributed by atoms with Crippen LogP contribution in [0.1, 0.15) is 18.4 Å². The minimum Gasteiger partial charge on any atom is -0.496 e. The van der Waals surface area contributed by atoms with E-state index in [0.717, 1.165) is 24.2 Å². The molecule has 0 saturated heterocycles. The molecular formula is C14H20N2O2. The Kier molecular flexibility index (Phi) is 3.57. The summed E-state index contributed by atoms with van der Waals surface area (Å²) in [6, 6.07) is 7.76. The average molecular weight is 248 g/mol. The lowest BCUT2D eigenvalue weighted by Crippen LogP contribution is -2.37. The van der Waals surface area contributed by atoms with Crippen LogP contribution in [0.4, 0.5) is 0 Å². The van der Waals surface area contributed by atoms with Gasteiger partial charge in [0, 0.05) is 25.7 Å². The molecule has 98 valence electrons. The molecular weight excluding hydrogens is 228 g/mol. The zero-order valence-electron chi connectivity index (χ0n) is 11.0. The molecule has 0 heterocycles. The Morgan fingerprint density at radius 2 is 2.11 bits per heavy atom. The summed E-state index contributed by atoms with van der Waals surface area (Å²) in [7, 11) is 3.47. The van der Waals surface area contributed by atoms with Gasteiger partial charge in [0.2, 0.25) is 5.91 Å². The van der Waals surface area contributed by atoms with Gasteiger partial charge in [0.15, 0.2) is 0 Å². The fourth-order valence-corrected chi connectivity index (χ4v) is 2.22. The summed E-state index contributed by atoms with van der Waals surface area (Å²) in [5.74, 6) is 0.964. The van der Waals surface area contributed by atoms with Gasteiger partial charge in [-0.05, 0) is 18.9 Å². The highest BCUT2D eigenvalue weighted by molar-refractivity contribution is 5.85. The van der Waals surface area contributed by atoms with Gasteiger partial charge < -0.3 is 15.4 Å². The lowest BCUT2D eigenvalue weighted by atomic mass is 10.1. The molecule has 1 aliphatic carbocycles. The summed E-state index contributed by atoms with van der Waals surface area (Å²) in [6.07, 6.45) is 1.83. The number of methoxy groups -OCH3 is 1. The molecule has 1 aromatic rings. The van der Waals surface area contributed by atoms with Crippen molar-refractivity contribution >= 4 is 5.91 Å². The van der Waals surface area contributed by atoms with Crippen molar-refractivity contribution in [1.82, 2.24) is 4.90 Å². The standard InChI is InChI=1S/C14H20N2O2/c1-16(13(17)14(10-15)7-8-14)9-11-5-3-4-6-12(11)18-2/h3-6H,7-10,15H2,1-2H3. The van der Waals surface area contributed by atoms with Crippen molar-refractivity contribution in [2.24, 2.45) is 11.1 Å². The molecule has 2 N–H and O–H groups in total. The summed E-state index contributed by atoms with van der Waals surface area (Å²) in [5, 5.41) is 0. The number of hydrogen-bond acceptors (Lipinski definition) is 3. The Morgan fingerprint density at radius 1 is 1.44 bits per heavy atom. The van der Waals surface area contributed by atoms with E-state index < -0.39 is 0 Å². The van der Waals surface area contributed by atoms with E-state index in [4.69, 9.17) is 10.5 Å². The van der Waals surface area contributed by atoms with Gasteiger partial charge in [0.1, 0.15) is 5.75 Å². The molecule has 4 heteroatoms. The van der Waals surface area contributed by atoms with Gasteiger partial charge in [0.25, 0.3) is 0 Å². The van der Waals surface area contributed by atoms with Gasteiger partial charge in [-0.2, -0.15) is 0 Å². The molecule has 1 amide bonds. The molecule has 1 aromatic carbocycles. The van der Waals surface area contributed by atoms with Crippen molar-refractivity contribution in [1.29, 1.82) is 0 Å². The van der Waals surface area contributed by atoms with Crippen molar-refractivity contribution in [3.63, 3.8) is 0 Å². The summed E-state index contributed by atoms with van der Waals surface area (Å²) in [6.45, 7) is 1.01. The second-order valence-electron chi connectivity index (χ2n) is 4.96. The minimum atomic E-state index is -0.281. The third-order valence-corrected chi connectivity index (χ3v) is 3.64. The second kappa shape index (κ2) is 4.98. The predicted octanol–water partition coefficient (Wildman–Crippen LogP) is 1.39. The van der Waals surface area contributed by atoms with Crippen LogP contribution in [0.15, 0.2) is 24.3 Å². The normalized spacial score (nSPS) is 16.2. The number of ether oxygens (including phenoxy) is 1. The molecule has 2 rings (SSSR count). The highest BCUT2D eigenvalue weighted by atomic mass is 16.5. The van der Waals surface area contributed by atoms with Gasteiger partial charge in [-0.1, -0.05) is 18.2 Å². The number of rotatable bonds is 5. The number of benzene rings is 1. The third-order valence-electron chi connectivity index (χ3n) is 3.64. The fourth-order valence-electron chi connectivity index (χ4n) is 2.22. The van der Waals surface area contributed by atoms with E-state index in [1.807, 2.05) is 31.3 Å². The maximum atomic E-state index is 12.3. The summed E-state index contributed by atoms with van der Waals surface area (Å²) in [4.78, 5) is 14.0. The summed E-state index contributed by atoms with van der Waals surface area (Å²) < 4.78 is 5.29. The predicted molar refractivity (Wildman–Crippen MR) is 70.2 cm³/mol. The number of para-hydroxylation sites is 1. The minimum absolute atomic E-state index is 0.149. The first kappa shape index (κ1) is 12.9. The molecule has 18 heavy (non-hydrogen) atoms. The van der Waals surface area contributed by atoms with E-state index in [9.17, 15) is 4.79 Å². The Bertz CT molecular complexity index is 441. The topological polar surface area (TPSA) is 55.6 Å². The van der Waals surface area contributed by atoms with Crippen molar-refractivity contribution in [3.05, 3.63) is 29.8 Å². The number of carbonyl (C=O) groups excluding carboxylic acids is 1. The van der Waals surface area contributed by atoms with Crippen LogP contribution in [0.3, 0.4) is 0 Å². The quantitative estimate of drug-likeness (QED) is 0.856. The lowest BCUT2D eigenvalue weighted by Gasteiger charge is -2.23. The maximum absolute atomic E-state index is 12.3. The second-order valence-corrected chi connectivity index (χ2v) is 4.96. The highest BCUT2D eigenvalue weighted by Gasteiger charge is 2.49. The number of hydrogen-bond donors (Lipinski definition) is 1. The Balaban J connectivity index is 2.07. The average Bonchev–Trinajstić information content (AvgIpc) is 3.19. The molecule has 1 fully saturated rings. The summed E-state index contributed by atoms with van der Waals surface area (Å²) >= 11 is 0. The van der Waals surface area contributed by atoms with Gasteiger partial charge in [0.05, 0.1) is 12.5 Å². The van der Waals surface area contributed by atoms with Crippen molar-refractivity contribution in [3.8, 4) is 5.75 Å². The van der Waals surface area contributed by atoms with Crippen LogP contribution < -0.4 is 10.5 Å². The smallest absolute Gasteiger partial charge is 0.230 e. The number of amides is 1. The van der Waals surface area contributed by atoms with Gasteiger partial charge >= 0.3 is 0 Å². The fraction of sp³-hybridized carbons (Fsp3) is 0.500. The Hall–Kier alpha value is -1.55. The first-order chi connectivity index (χ1) is 8.63. The van der Waals surface area contributed by atoms with Crippen LogP contribution >= 0.6 is 0 Å². The van der Waals surface area contributed by atoms with Gasteiger partial charge in [-0.25, -0.2) is 0 Å². The Labute approximate surface area is 108 Å². The van der Waals surface area contributed by atoms with Crippen LogP contribution in [0, 0.1) is 5.41 Å². The molecule has 0 atom stereocenters. The Morgan fingerprint density at radius 3 is 2.67 bits per heavy atom. The van der Waals surface area contributed by atoms with Crippen molar-refractivity contribution in [2.45, 2.75) is 19.4 Å². The SMILES string of the molecule is COc1ccccc1CN(C)C(=O)C1(CN)CC1. The van der Waals surface area contributed by atoms with E-state index in [-0.39, 0.29) is 11.3 Å². The third kappa shape index (κ3) is 2.34. The first-order valence-electron chi connectivity index (χ1n) is 6.20.